The Morgan fingerprint density at radius 2 is 1.75 bits per heavy atom. The second kappa shape index (κ2) is 4.18. The predicted molar refractivity (Wildman–Crippen MR) is 60.4 cm³/mol. The van der Waals surface area contributed by atoms with Gasteiger partial charge in [-0.1, -0.05) is 24.3 Å². The smallest absolute Gasteiger partial charge is 0.244 e. The normalized spacial score (nSPS) is 17.6. The van der Waals surface area contributed by atoms with E-state index >= 15 is 0 Å². The fraction of sp³-hybridized carbons (Fsp3) is 0.385. The first kappa shape index (κ1) is 11.0. The number of hydrogen-bond donors (Lipinski definition) is 1. The summed E-state index contributed by atoms with van der Waals surface area (Å²) in [6, 6.07) is 7.80. The Bertz CT molecular complexity index is 390. The first-order chi connectivity index (χ1) is 7.59. The lowest BCUT2D eigenvalue weighted by atomic mass is 10.1. The number of rotatable bonds is 3. The zero-order valence-corrected chi connectivity index (χ0v) is 9.56. The molecule has 0 radical (unpaired) electrons. The van der Waals surface area contributed by atoms with E-state index < -0.39 is 5.79 Å². The Labute approximate surface area is 95.3 Å². The maximum atomic E-state index is 8.93. The molecule has 0 saturated carbocycles. The molecular weight excluding hydrogens is 204 g/mol. The van der Waals surface area contributed by atoms with Crippen molar-refractivity contribution in [2.75, 3.05) is 0 Å². The van der Waals surface area contributed by atoms with E-state index in [4.69, 9.17) is 14.6 Å². The van der Waals surface area contributed by atoms with E-state index in [0.29, 0.717) is 0 Å². The van der Waals surface area contributed by atoms with Crippen LogP contribution in [0, 0.1) is 0 Å². The van der Waals surface area contributed by atoms with Crippen molar-refractivity contribution in [3.8, 4) is 0 Å². The molecule has 1 N–H and O–H groups in total. The van der Waals surface area contributed by atoms with Crippen molar-refractivity contribution < 1.29 is 14.6 Å². The Hall–Kier alpha value is -1.48. The number of aliphatic hydroxyl groups excluding tert-OH is 1. The lowest BCUT2D eigenvalue weighted by Crippen LogP contribution is -2.20. The lowest BCUT2D eigenvalue weighted by molar-refractivity contribution is -0.117. The minimum atomic E-state index is -0.541. The van der Waals surface area contributed by atoms with E-state index in [1.165, 1.54) is 0 Å². The standard InChI is InChI=1S/C13H16O3/c1-13(2)15-9-12(16-13)7-10-3-5-11(8-14)6-4-10/h3-6,9,14H,7-8H2,1-2H3. The number of hydrogen-bond acceptors (Lipinski definition) is 3. The predicted octanol–water partition coefficient (Wildman–Crippen LogP) is 2.35. The number of allylic oxidation sites excluding steroid dienone is 1. The fourth-order valence-electron chi connectivity index (χ4n) is 1.61. The van der Waals surface area contributed by atoms with Crippen molar-refractivity contribution in [2.45, 2.75) is 32.7 Å². The van der Waals surface area contributed by atoms with Crippen molar-refractivity contribution in [1.29, 1.82) is 0 Å². The van der Waals surface area contributed by atoms with Crippen LogP contribution in [0.25, 0.3) is 0 Å². The SMILES string of the molecule is CC1(C)OC=C(Cc2ccc(CO)cc2)O1. The highest BCUT2D eigenvalue weighted by Crippen LogP contribution is 2.26. The lowest BCUT2D eigenvalue weighted by Gasteiger charge is -2.18. The number of benzene rings is 1. The highest BCUT2D eigenvalue weighted by atomic mass is 16.7. The molecular formula is C13H16O3. The summed E-state index contributed by atoms with van der Waals surface area (Å²) in [5.41, 5.74) is 2.06. The molecule has 1 aliphatic rings. The van der Waals surface area contributed by atoms with Crippen LogP contribution in [0.2, 0.25) is 0 Å². The van der Waals surface area contributed by atoms with Gasteiger partial charge in [-0.05, 0) is 11.1 Å². The quantitative estimate of drug-likeness (QED) is 0.849. The Kier molecular flexibility index (Phi) is 2.88. The van der Waals surface area contributed by atoms with E-state index in [1.54, 1.807) is 6.26 Å². The van der Waals surface area contributed by atoms with Crippen LogP contribution in [0.5, 0.6) is 0 Å². The van der Waals surface area contributed by atoms with Gasteiger partial charge >= 0.3 is 0 Å². The molecule has 86 valence electrons. The molecule has 0 aliphatic carbocycles. The minimum absolute atomic E-state index is 0.0790. The zero-order valence-electron chi connectivity index (χ0n) is 9.56. The van der Waals surface area contributed by atoms with E-state index in [2.05, 4.69) is 0 Å². The van der Waals surface area contributed by atoms with Crippen LogP contribution in [-0.2, 0) is 22.5 Å². The van der Waals surface area contributed by atoms with Crippen molar-refractivity contribution in [1.82, 2.24) is 0 Å². The molecule has 1 heterocycles. The Balaban J connectivity index is 2.00. The summed E-state index contributed by atoms with van der Waals surface area (Å²) in [5.74, 6) is 0.294. The maximum absolute atomic E-state index is 8.93. The third-order valence-corrected chi connectivity index (χ3v) is 2.43. The second-order valence-corrected chi connectivity index (χ2v) is 4.36. The van der Waals surface area contributed by atoms with Crippen molar-refractivity contribution in [3.63, 3.8) is 0 Å². The average molecular weight is 220 g/mol. The maximum Gasteiger partial charge on any atom is 0.244 e. The molecule has 3 heteroatoms. The summed E-state index contributed by atoms with van der Waals surface area (Å²) in [6.07, 6.45) is 2.38. The summed E-state index contributed by atoms with van der Waals surface area (Å²) in [6.45, 7) is 3.84. The van der Waals surface area contributed by atoms with Gasteiger partial charge in [-0.3, -0.25) is 0 Å². The molecule has 16 heavy (non-hydrogen) atoms. The van der Waals surface area contributed by atoms with Gasteiger partial charge in [0.1, 0.15) is 12.0 Å². The van der Waals surface area contributed by atoms with Crippen molar-refractivity contribution >= 4 is 0 Å². The first-order valence-corrected chi connectivity index (χ1v) is 5.34. The van der Waals surface area contributed by atoms with E-state index in [9.17, 15) is 0 Å². The van der Waals surface area contributed by atoms with Gasteiger partial charge in [0, 0.05) is 20.3 Å². The van der Waals surface area contributed by atoms with Gasteiger partial charge < -0.3 is 14.6 Å². The van der Waals surface area contributed by atoms with Gasteiger partial charge in [-0.2, -0.15) is 0 Å². The molecule has 1 aromatic carbocycles. The van der Waals surface area contributed by atoms with Gasteiger partial charge in [0.25, 0.3) is 0 Å². The van der Waals surface area contributed by atoms with E-state index in [1.807, 2.05) is 38.1 Å². The third-order valence-electron chi connectivity index (χ3n) is 2.43. The monoisotopic (exact) mass is 220 g/mol. The van der Waals surface area contributed by atoms with E-state index in [0.717, 1.165) is 23.3 Å². The third kappa shape index (κ3) is 2.55. The summed E-state index contributed by atoms with van der Waals surface area (Å²) >= 11 is 0. The number of ether oxygens (including phenoxy) is 2. The molecule has 1 aromatic rings. The summed E-state index contributed by atoms with van der Waals surface area (Å²) in [5, 5.41) is 8.93. The van der Waals surface area contributed by atoms with Gasteiger partial charge in [0.05, 0.1) is 6.61 Å². The van der Waals surface area contributed by atoms with Crippen LogP contribution < -0.4 is 0 Å². The van der Waals surface area contributed by atoms with Gasteiger partial charge in [0.15, 0.2) is 0 Å². The van der Waals surface area contributed by atoms with Crippen molar-refractivity contribution in [3.05, 3.63) is 47.4 Å². The molecule has 2 rings (SSSR count). The van der Waals surface area contributed by atoms with Crippen LogP contribution in [0.15, 0.2) is 36.3 Å². The molecule has 3 nitrogen and oxygen atoms in total. The molecule has 0 saturated heterocycles. The Morgan fingerprint density at radius 1 is 1.12 bits per heavy atom. The molecule has 0 bridgehead atoms. The van der Waals surface area contributed by atoms with Gasteiger partial charge in [-0.25, -0.2) is 0 Å². The van der Waals surface area contributed by atoms with Gasteiger partial charge in [0.2, 0.25) is 5.79 Å². The van der Waals surface area contributed by atoms with Gasteiger partial charge in [-0.15, -0.1) is 0 Å². The molecule has 0 unspecified atom stereocenters. The van der Waals surface area contributed by atoms with Crippen molar-refractivity contribution in [2.24, 2.45) is 0 Å². The molecule has 0 fully saturated rings. The highest BCUT2D eigenvalue weighted by Gasteiger charge is 2.27. The first-order valence-electron chi connectivity index (χ1n) is 5.34. The largest absolute Gasteiger partial charge is 0.457 e. The number of aliphatic hydroxyl groups is 1. The van der Waals surface area contributed by atoms with E-state index in [-0.39, 0.29) is 6.61 Å². The Morgan fingerprint density at radius 3 is 2.25 bits per heavy atom. The summed E-state index contributed by atoms with van der Waals surface area (Å²) < 4.78 is 10.9. The molecule has 0 spiro atoms. The topological polar surface area (TPSA) is 38.7 Å². The van der Waals surface area contributed by atoms with Crippen LogP contribution in [0.1, 0.15) is 25.0 Å². The summed E-state index contributed by atoms with van der Waals surface area (Å²) in [4.78, 5) is 0. The summed E-state index contributed by atoms with van der Waals surface area (Å²) in [7, 11) is 0. The molecule has 0 amide bonds. The van der Waals surface area contributed by atoms with Crippen LogP contribution in [0.3, 0.4) is 0 Å². The molecule has 0 atom stereocenters. The van der Waals surface area contributed by atoms with Crippen LogP contribution >= 0.6 is 0 Å². The second-order valence-electron chi connectivity index (χ2n) is 4.36. The average Bonchev–Trinajstić information content (AvgIpc) is 2.59. The molecule has 0 aromatic heterocycles. The van der Waals surface area contributed by atoms with Crippen LogP contribution in [0.4, 0.5) is 0 Å². The molecule has 1 aliphatic heterocycles. The minimum Gasteiger partial charge on any atom is -0.457 e. The van der Waals surface area contributed by atoms with Crippen LogP contribution in [-0.4, -0.2) is 10.9 Å². The highest BCUT2D eigenvalue weighted by molar-refractivity contribution is 5.25. The zero-order chi connectivity index (χ0) is 11.6. The fourth-order valence-corrected chi connectivity index (χ4v) is 1.61.